The highest BCUT2D eigenvalue weighted by Crippen LogP contribution is 2.41. The highest BCUT2D eigenvalue weighted by molar-refractivity contribution is 5.76. The van der Waals surface area contributed by atoms with Gasteiger partial charge >= 0.3 is 12.1 Å². The number of methoxy groups -OCH3 is 2. The molecule has 12 heteroatoms. The summed E-state index contributed by atoms with van der Waals surface area (Å²) in [4.78, 5) is 42.9. The van der Waals surface area contributed by atoms with Gasteiger partial charge in [0.2, 0.25) is 0 Å². The number of ether oxygens (including phenoxy) is 3. The molecule has 2 aromatic rings. The third kappa shape index (κ3) is 6.48. The molecule has 0 bridgehead atoms. The predicted octanol–water partition coefficient (Wildman–Crippen LogP) is 3.53. The monoisotopic (exact) mass is 625 g/mol. The van der Waals surface area contributed by atoms with Gasteiger partial charge in [-0.3, -0.25) is 9.69 Å². The van der Waals surface area contributed by atoms with Gasteiger partial charge in [-0.15, -0.1) is 0 Å². The summed E-state index contributed by atoms with van der Waals surface area (Å²) in [5.41, 5.74) is 3.49. The number of morpholine rings is 1. The van der Waals surface area contributed by atoms with Crippen molar-refractivity contribution >= 4 is 12.1 Å². The van der Waals surface area contributed by atoms with Crippen molar-refractivity contribution in [2.24, 2.45) is 12.5 Å². The maximum Gasteiger partial charge on any atom is 0.407 e. The van der Waals surface area contributed by atoms with E-state index in [0.29, 0.717) is 49.7 Å². The van der Waals surface area contributed by atoms with Gasteiger partial charge in [-0.1, -0.05) is 20.8 Å². The van der Waals surface area contributed by atoms with Crippen molar-refractivity contribution in [3.8, 4) is 22.6 Å². The van der Waals surface area contributed by atoms with Crippen LogP contribution >= 0.6 is 0 Å². The Balaban J connectivity index is 1.39. The molecule has 3 aliphatic heterocycles. The largest absolute Gasteiger partial charge is 0.496 e. The Morgan fingerprint density at radius 2 is 1.71 bits per heavy atom. The highest BCUT2D eigenvalue weighted by Gasteiger charge is 2.47. The molecule has 2 fully saturated rings. The number of hydrogen-bond donors (Lipinski definition) is 2. The second-order valence-electron chi connectivity index (χ2n) is 13.6. The number of rotatable bonds is 5. The second kappa shape index (κ2) is 12.6. The first-order valence-electron chi connectivity index (χ1n) is 15.6. The highest BCUT2D eigenvalue weighted by atomic mass is 16.5. The maximum atomic E-state index is 13.1. The van der Waals surface area contributed by atoms with Gasteiger partial charge in [-0.05, 0) is 47.9 Å². The number of carboxylic acid groups (broad SMARTS) is 1. The molecule has 45 heavy (non-hydrogen) atoms. The van der Waals surface area contributed by atoms with Crippen LogP contribution in [-0.2, 0) is 31.3 Å². The molecule has 1 spiro atoms. The Bertz CT molecular complexity index is 1480. The van der Waals surface area contributed by atoms with E-state index in [0.717, 1.165) is 48.2 Å². The summed E-state index contributed by atoms with van der Waals surface area (Å²) in [7, 11) is 6.61. The number of nitrogens with zero attached hydrogens (tertiary/aromatic N) is 4. The molecule has 1 unspecified atom stereocenters. The minimum atomic E-state index is -0.896. The number of urea groups is 1. The first-order valence-corrected chi connectivity index (χ1v) is 15.6. The van der Waals surface area contributed by atoms with E-state index in [2.05, 4.69) is 31.0 Å². The standard InChI is InChI=1S/C33H47N5O7/c1-32(2,3)28-19-38(31(41)42)20-33(45-28)9-12-36(13-10-33)17-25-26(43-6)14-21(15-27(25)44-7)23-16-35(5)29(39)24-18-37(30(40)34-4)11-8-22(23)24/h14-16,28H,8-13,17-20H2,1-7H3,(H,34,40)(H,41,42). The molecule has 2 saturated heterocycles. The van der Waals surface area contributed by atoms with Crippen LogP contribution in [0.15, 0.2) is 23.1 Å². The van der Waals surface area contributed by atoms with Crippen molar-refractivity contribution < 1.29 is 28.9 Å². The lowest BCUT2D eigenvalue weighted by molar-refractivity contribution is -0.196. The zero-order chi connectivity index (χ0) is 32.7. The molecule has 3 amide bonds. The average Bonchev–Trinajstić information content (AvgIpc) is 3.02. The molecule has 0 radical (unpaired) electrons. The van der Waals surface area contributed by atoms with Gasteiger partial charge in [-0.2, -0.15) is 0 Å². The predicted molar refractivity (Wildman–Crippen MR) is 170 cm³/mol. The van der Waals surface area contributed by atoms with Gasteiger partial charge < -0.3 is 39.0 Å². The Morgan fingerprint density at radius 3 is 2.27 bits per heavy atom. The van der Waals surface area contributed by atoms with Crippen molar-refractivity contribution in [1.29, 1.82) is 0 Å². The molecule has 0 saturated carbocycles. The van der Waals surface area contributed by atoms with Crippen LogP contribution in [0.25, 0.3) is 11.1 Å². The molecule has 1 atom stereocenters. The minimum absolute atomic E-state index is 0.108. The summed E-state index contributed by atoms with van der Waals surface area (Å²) in [6.07, 6.45) is 2.80. The normalized spacial score (nSPS) is 20.1. The number of likely N-dealkylation sites (tertiary alicyclic amines) is 1. The van der Waals surface area contributed by atoms with E-state index in [-0.39, 0.29) is 29.7 Å². The van der Waals surface area contributed by atoms with Gasteiger partial charge in [0.25, 0.3) is 5.56 Å². The fraction of sp³-hybridized carbons (Fsp3) is 0.606. The fourth-order valence-electron chi connectivity index (χ4n) is 6.88. The molecular formula is C33H47N5O7. The van der Waals surface area contributed by atoms with Crippen LogP contribution in [0, 0.1) is 5.41 Å². The van der Waals surface area contributed by atoms with Crippen molar-refractivity contribution in [3.05, 3.63) is 45.4 Å². The summed E-state index contributed by atoms with van der Waals surface area (Å²) in [5.74, 6) is 1.38. The maximum absolute atomic E-state index is 13.1. The van der Waals surface area contributed by atoms with E-state index in [1.807, 2.05) is 18.3 Å². The van der Waals surface area contributed by atoms with Crippen LogP contribution in [0.5, 0.6) is 11.5 Å². The van der Waals surface area contributed by atoms with E-state index in [9.17, 15) is 19.5 Å². The second-order valence-corrected chi connectivity index (χ2v) is 13.6. The number of benzene rings is 1. The zero-order valence-electron chi connectivity index (χ0n) is 27.6. The third-order valence-corrected chi connectivity index (χ3v) is 9.63. The molecule has 2 N–H and O–H groups in total. The number of carbonyl (C=O) groups excluding carboxylic acids is 1. The number of carbonyl (C=O) groups is 2. The van der Waals surface area contributed by atoms with Crippen molar-refractivity contribution in [2.45, 2.75) is 64.8 Å². The minimum Gasteiger partial charge on any atom is -0.496 e. The Labute approximate surface area is 264 Å². The van der Waals surface area contributed by atoms with Crippen molar-refractivity contribution in [2.75, 3.05) is 54.0 Å². The number of piperidine rings is 1. The number of aromatic nitrogens is 1. The number of hydrogen-bond acceptors (Lipinski definition) is 7. The number of amides is 3. The number of nitrogens with one attached hydrogen (secondary N) is 1. The number of pyridine rings is 1. The molecule has 1 aromatic carbocycles. The Kier molecular flexibility index (Phi) is 9.10. The quantitative estimate of drug-likeness (QED) is 0.517. The van der Waals surface area contributed by atoms with E-state index in [1.54, 1.807) is 37.8 Å². The van der Waals surface area contributed by atoms with E-state index >= 15 is 0 Å². The van der Waals surface area contributed by atoms with E-state index in [4.69, 9.17) is 14.2 Å². The van der Waals surface area contributed by atoms with Gasteiger partial charge in [0, 0.05) is 57.6 Å². The van der Waals surface area contributed by atoms with Crippen molar-refractivity contribution in [1.82, 2.24) is 24.6 Å². The van der Waals surface area contributed by atoms with Gasteiger partial charge in [0.05, 0.1) is 51.1 Å². The first kappa shape index (κ1) is 32.6. The van der Waals surface area contributed by atoms with Crippen LogP contribution in [-0.4, -0.2) is 102 Å². The number of fused-ring (bicyclic) bond motifs is 1. The van der Waals surface area contributed by atoms with E-state index in [1.165, 1.54) is 4.90 Å². The summed E-state index contributed by atoms with van der Waals surface area (Å²) < 4.78 is 20.1. The van der Waals surface area contributed by atoms with Crippen LogP contribution in [0.2, 0.25) is 0 Å². The third-order valence-electron chi connectivity index (χ3n) is 9.63. The molecule has 12 nitrogen and oxygen atoms in total. The molecule has 1 aromatic heterocycles. The van der Waals surface area contributed by atoms with E-state index < -0.39 is 11.7 Å². The summed E-state index contributed by atoms with van der Waals surface area (Å²) in [5, 5.41) is 12.5. The molecule has 246 valence electrons. The van der Waals surface area contributed by atoms with Gasteiger partial charge in [0.15, 0.2) is 0 Å². The van der Waals surface area contributed by atoms with Gasteiger partial charge in [-0.25, -0.2) is 9.59 Å². The summed E-state index contributed by atoms with van der Waals surface area (Å²) in [6.45, 7) is 9.91. The Morgan fingerprint density at radius 1 is 1.07 bits per heavy atom. The smallest absolute Gasteiger partial charge is 0.407 e. The lowest BCUT2D eigenvalue weighted by Crippen LogP contribution is -2.62. The molecule has 4 heterocycles. The molecular weight excluding hydrogens is 578 g/mol. The lowest BCUT2D eigenvalue weighted by atomic mass is 9.83. The van der Waals surface area contributed by atoms with Crippen LogP contribution in [0.1, 0.15) is 50.3 Å². The summed E-state index contributed by atoms with van der Waals surface area (Å²) >= 11 is 0. The Hall–Kier alpha value is -3.77. The average molecular weight is 626 g/mol. The van der Waals surface area contributed by atoms with Gasteiger partial charge in [0.1, 0.15) is 11.5 Å². The molecule has 5 rings (SSSR count). The number of aryl methyl sites for hydroxylation is 1. The molecule has 0 aliphatic carbocycles. The fourth-order valence-corrected chi connectivity index (χ4v) is 6.88. The zero-order valence-corrected chi connectivity index (χ0v) is 27.6. The topological polar surface area (TPSA) is 126 Å². The lowest BCUT2D eigenvalue weighted by Gasteiger charge is -2.52. The van der Waals surface area contributed by atoms with Crippen LogP contribution in [0.3, 0.4) is 0 Å². The molecule has 3 aliphatic rings. The van der Waals surface area contributed by atoms with Crippen molar-refractivity contribution in [3.63, 3.8) is 0 Å². The summed E-state index contributed by atoms with van der Waals surface area (Å²) in [6, 6.07) is 3.79. The first-order chi connectivity index (χ1) is 21.3. The van der Waals surface area contributed by atoms with Crippen LogP contribution < -0.4 is 20.3 Å². The van der Waals surface area contributed by atoms with Crippen LogP contribution in [0.4, 0.5) is 9.59 Å². The SMILES string of the molecule is CNC(=O)N1CCc2c(-c3cc(OC)c(CN4CCC5(CC4)CN(C(=O)O)CC(C(C)(C)C)O5)c(OC)c3)cn(C)c(=O)c2C1.